The van der Waals surface area contributed by atoms with Gasteiger partial charge in [0, 0.05) is 19.0 Å². The van der Waals surface area contributed by atoms with Gasteiger partial charge in [0.15, 0.2) is 0 Å². The van der Waals surface area contributed by atoms with Gasteiger partial charge >= 0.3 is 20.1 Å². The van der Waals surface area contributed by atoms with E-state index in [1.54, 1.807) is 0 Å². The monoisotopic (exact) mass is 826 g/mol. The van der Waals surface area contributed by atoms with E-state index in [1.165, 1.54) is 0 Å². The van der Waals surface area contributed by atoms with Gasteiger partial charge in [-0.05, 0) is 33.3 Å². The molecule has 0 spiro atoms. The van der Waals surface area contributed by atoms with E-state index >= 15 is 0 Å². The van der Waals surface area contributed by atoms with E-state index in [-0.39, 0.29) is 36.4 Å². The molecule has 0 aliphatic carbocycles. The molecule has 0 bridgehead atoms. The first-order valence-electron chi connectivity index (χ1n) is 16.1. The molecule has 0 N–H and O–H groups in total. The van der Waals surface area contributed by atoms with Crippen molar-refractivity contribution < 1.29 is 20.1 Å². The second kappa shape index (κ2) is 17.3. The molecule has 6 nitrogen and oxygen atoms in total. The molecule has 0 saturated heterocycles. The number of benzene rings is 3. The van der Waals surface area contributed by atoms with Gasteiger partial charge in [0.1, 0.15) is 0 Å². The second-order valence-electron chi connectivity index (χ2n) is 14.6. The van der Waals surface area contributed by atoms with E-state index in [4.69, 9.17) is 0 Å². The number of rotatable bonds is 3. The van der Waals surface area contributed by atoms with Crippen LogP contribution in [0, 0.1) is 19.0 Å². The van der Waals surface area contributed by atoms with Crippen LogP contribution < -0.4 is 0 Å². The zero-order chi connectivity index (χ0) is 34.8. The van der Waals surface area contributed by atoms with Crippen LogP contribution in [-0.2, 0) is 36.4 Å². The normalized spacial score (nSPS) is 11.2. The van der Waals surface area contributed by atoms with E-state index in [1.807, 2.05) is 109 Å². The largest absolute Gasteiger partial charge is 3.00 e. The third-order valence-electron chi connectivity index (χ3n) is 7.36. The number of hydrogen-bond acceptors (Lipinski definition) is 6. The van der Waals surface area contributed by atoms with Gasteiger partial charge in [-0.2, -0.15) is 0 Å². The Morgan fingerprint density at radius 1 is 0.347 bits per heavy atom. The third kappa shape index (κ3) is 11.9. The van der Waals surface area contributed by atoms with Gasteiger partial charge in [-0.15, -0.1) is 18.2 Å². The summed E-state index contributed by atoms with van der Waals surface area (Å²) < 4.78 is 0. The summed E-state index contributed by atoms with van der Waals surface area (Å²) >= 11 is 0. The molecule has 3 aromatic carbocycles. The summed E-state index contributed by atoms with van der Waals surface area (Å²) in [6.07, 6.45) is 8.20. The predicted octanol–water partition coefficient (Wildman–Crippen LogP) is 9.72. The molecule has 3 aromatic heterocycles. The van der Waals surface area contributed by atoms with Gasteiger partial charge in [-0.1, -0.05) is 187 Å². The molecule has 3 heterocycles. The molecule has 0 atom stereocenters. The Morgan fingerprint density at radius 3 is 0.776 bits per heavy atom. The Kier molecular flexibility index (Phi) is 13.8. The molecule has 0 amide bonds. The van der Waals surface area contributed by atoms with Gasteiger partial charge in [0.2, 0.25) is 0 Å². The third-order valence-corrected chi connectivity index (χ3v) is 7.36. The van der Waals surface area contributed by atoms with Crippen LogP contribution in [0.15, 0.2) is 109 Å². The zero-order valence-electron chi connectivity index (χ0n) is 29.9. The van der Waals surface area contributed by atoms with Crippen LogP contribution in [-0.4, -0.2) is 29.9 Å². The molecule has 7 heteroatoms. The fraction of sp³-hybridized carbons (Fsp3) is 0.286. The molecule has 6 aromatic rings. The first-order chi connectivity index (χ1) is 22.7. The Morgan fingerprint density at radius 2 is 0.571 bits per heavy atom. The average Bonchev–Trinajstić information content (AvgIpc) is 3.09. The van der Waals surface area contributed by atoms with Crippen molar-refractivity contribution in [2.24, 2.45) is 0 Å². The standard InChI is InChI=1S/3C14H15N2.Ir/c3*1-14(2,3)13-9-12(15-10-16-13)11-7-5-4-6-8-11;/h3*4-9H,1-3H3;/q3*-1;+3. The summed E-state index contributed by atoms with van der Waals surface area (Å²) in [6, 6.07) is 36.4. The van der Waals surface area contributed by atoms with Crippen molar-refractivity contribution in [3.05, 3.63) is 145 Å². The maximum atomic E-state index is 4.20. The summed E-state index contributed by atoms with van der Waals surface area (Å²) in [6.45, 7) is 19.2. The van der Waals surface area contributed by atoms with E-state index in [2.05, 4.69) is 111 Å². The number of aromatic nitrogens is 6. The van der Waals surface area contributed by atoms with Crippen molar-refractivity contribution in [1.29, 1.82) is 0 Å². The maximum absolute atomic E-state index is 4.20. The molecule has 0 saturated carbocycles. The van der Waals surface area contributed by atoms with Crippen molar-refractivity contribution in [2.75, 3.05) is 0 Å². The van der Waals surface area contributed by atoms with E-state index < -0.39 is 0 Å². The molecule has 0 aliphatic rings. The first kappa shape index (κ1) is 39.0. The van der Waals surface area contributed by atoms with Crippen molar-refractivity contribution in [2.45, 2.75) is 78.6 Å². The minimum atomic E-state index is 0. The molecule has 0 unspecified atom stereocenters. The summed E-state index contributed by atoms with van der Waals surface area (Å²) in [5.74, 6) is 0. The summed E-state index contributed by atoms with van der Waals surface area (Å²) in [5.41, 5.74) is 9.24. The molecule has 0 radical (unpaired) electrons. The summed E-state index contributed by atoms with van der Waals surface area (Å²) in [7, 11) is 0. The van der Waals surface area contributed by atoms with E-state index in [0.717, 1.165) is 50.9 Å². The van der Waals surface area contributed by atoms with Crippen LogP contribution in [0.5, 0.6) is 0 Å². The molecule has 0 aliphatic heterocycles. The fourth-order valence-electron chi connectivity index (χ4n) is 4.40. The zero-order valence-corrected chi connectivity index (χ0v) is 32.3. The number of hydrogen-bond donors (Lipinski definition) is 0. The van der Waals surface area contributed by atoms with Gasteiger partial charge in [0.25, 0.3) is 0 Å². The van der Waals surface area contributed by atoms with Crippen molar-refractivity contribution in [3.63, 3.8) is 0 Å². The van der Waals surface area contributed by atoms with Gasteiger partial charge < -0.3 is 29.9 Å². The SMILES string of the molecule is CC(C)(C)c1cc(-c2ccccc2)n[c-]n1.CC(C)(C)c1cc(-c2ccccc2)n[c-]n1.CC(C)(C)c1cc(-c2ccccc2)n[c-]n1.[Ir+3]. The predicted molar refractivity (Wildman–Crippen MR) is 195 cm³/mol. The smallest absolute Gasteiger partial charge is 0.370 e. The Labute approximate surface area is 306 Å². The Hall–Kier alpha value is -4.45. The van der Waals surface area contributed by atoms with Crippen LogP contribution in [0.4, 0.5) is 0 Å². The van der Waals surface area contributed by atoms with Gasteiger partial charge in [-0.25, -0.2) is 0 Å². The molecular weight excluding hydrogens is 781 g/mol. The van der Waals surface area contributed by atoms with Crippen molar-refractivity contribution in [3.8, 4) is 33.8 Å². The van der Waals surface area contributed by atoms with Gasteiger partial charge in [0.05, 0.1) is 0 Å². The minimum absolute atomic E-state index is 0. The average molecular weight is 826 g/mol. The van der Waals surface area contributed by atoms with E-state index in [0.29, 0.717) is 0 Å². The molecule has 0 fully saturated rings. The van der Waals surface area contributed by atoms with Crippen LogP contribution in [0.1, 0.15) is 79.4 Å². The van der Waals surface area contributed by atoms with Crippen LogP contribution >= 0.6 is 0 Å². The molecule has 252 valence electrons. The Balaban J connectivity index is 0.000000197. The molecule has 6 rings (SSSR count). The molecular formula is C42H45IrN6. The van der Waals surface area contributed by atoms with Crippen LogP contribution in [0.3, 0.4) is 0 Å². The maximum Gasteiger partial charge on any atom is 3.00 e. The number of nitrogens with zero attached hydrogens (tertiary/aromatic N) is 6. The second-order valence-corrected chi connectivity index (χ2v) is 14.6. The first-order valence-corrected chi connectivity index (χ1v) is 16.1. The van der Waals surface area contributed by atoms with Crippen LogP contribution in [0.2, 0.25) is 0 Å². The summed E-state index contributed by atoms with van der Waals surface area (Å²) in [4.78, 5) is 25.2. The fourth-order valence-corrected chi connectivity index (χ4v) is 4.40. The van der Waals surface area contributed by atoms with E-state index in [9.17, 15) is 0 Å². The van der Waals surface area contributed by atoms with Crippen molar-refractivity contribution >= 4 is 0 Å². The quantitative estimate of drug-likeness (QED) is 0.166. The van der Waals surface area contributed by atoms with Gasteiger partial charge in [-0.3, -0.25) is 0 Å². The molecule has 49 heavy (non-hydrogen) atoms. The van der Waals surface area contributed by atoms with Crippen molar-refractivity contribution in [1.82, 2.24) is 29.9 Å². The Bertz CT molecular complexity index is 1640. The summed E-state index contributed by atoms with van der Waals surface area (Å²) in [5, 5.41) is 0. The van der Waals surface area contributed by atoms with Crippen LogP contribution in [0.25, 0.3) is 33.8 Å². The minimum Gasteiger partial charge on any atom is -0.370 e. The topological polar surface area (TPSA) is 77.3 Å².